The van der Waals surface area contributed by atoms with Crippen molar-refractivity contribution < 1.29 is 18.0 Å². The summed E-state index contributed by atoms with van der Waals surface area (Å²) < 4.78 is 23.5. The Morgan fingerprint density at radius 3 is 2.40 bits per heavy atom. The SMILES string of the molecule is CCN(C(=O)CN1CCN(C(=O)CCCc2ccccc2)CC1)C1CCS(=O)(=O)C1. The average Bonchev–Trinajstić information content (AvgIpc) is 3.09. The van der Waals surface area contributed by atoms with Gasteiger partial charge in [-0.1, -0.05) is 30.3 Å². The van der Waals surface area contributed by atoms with E-state index in [4.69, 9.17) is 0 Å². The maximum absolute atomic E-state index is 12.7. The molecule has 2 aliphatic rings. The lowest BCUT2D eigenvalue weighted by Gasteiger charge is -2.36. The van der Waals surface area contributed by atoms with Crippen molar-refractivity contribution in [1.82, 2.24) is 14.7 Å². The van der Waals surface area contributed by atoms with E-state index in [-0.39, 0.29) is 29.4 Å². The number of aryl methyl sites for hydroxylation is 1. The topological polar surface area (TPSA) is 78.0 Å². The summed E-state index contributed by atoms with van der Waals surface area (Å²) in [5, 5.41) is 0. The van der Waals surface area contributed by atoms with Crippen molar-refractivity contribution in [1.29, 1.82) is 0 Å². The third kappa shape index (κ3) is 6.28. The molecule has 3 rings (SSSR count). The molecule has 1 unspecified atom stereocenters. The summed E-state index contributed by atoms with van der Waals surface area (Å²) in [4.78, 5) is 30.9. The van der Waals surface area contributed by atoms with Gasteiger partial charge in [0.15, 0.2) is 9.84 Å². The van der Waals surface area contributed by atoms with Gasteiger partial charge in [0.05, 0.1) is 18.1 Å². The molecule has 8 heteroatoms. The fourth-order valence-corrected chi connectivity index (χ4v) is 6.07. The minimum atomic E-state index is -3.01. The summed E-state index contributed by atoms with van der Waals surface area (Å²) in [6.07, 6.45) is 2.84. The Kier molecular flexibility index (Phi) is 7.88. The van der Waals surface area contributed by atoms with E-state index in [1.807, 2.05) is 30.0 Å². The van der Waals surface area contributed by atoms with Crippen molar-refractivity contribution in [2.45, 2.75) is 38.6 Å². The number of likely N-dealkylation sites (N-methyl/N-ethyl adjacent to an activating group) is 1. The van der Waals surface area contributed by atoms with Gasteiger partial charge in [0.2, 0.25) is 11.8 Å². The first-order chi connectivity index (χ1) is 14.4. The Labute approximate surface area is 179 Å². The maximum Gasteiger partial charge on any atom is 0.237 e. The molecule has 7 nitrogen and oxygen atoms in total. The van der Waals surface area contributed by atoms with E-state index in [9.17, 15) is 18.0 Å². The lowest BCUT2D eigenvalue weighted by molar-refractivity contribution is -0.136. The molecule has 0 saturated carbocycles. The summed E-state index contributed by atoms with van der Waals surface area (Å²) in [6.45, 7) is 5.35. The fraction of sp³-hybridized carbons (Fsp3) is 0.636. The second kappa shape index (κ2) is 10.4. The number of rotatable bonds is 8. The summed E-state index contributed by atoms with van der Waals surface area (Å²) in [5.41, 5.74) is 1.25. The lowest BCUT2D eigenvalue weighted by Crippen LogP contribution is -2.52. The minimum Gasteiger partial charge on any atom is -0.340 e. The van der Waals surface area contributed by atoms with Gasteiger partial charge in [-0.05, 0) is 31.7 Å². The van der Waals surface area contributed by atoms with Crippen LogP contribution in [-0.4, -0.2) is 91.7 Å². The molecule has 1 aromatic rings. The van der Waals surface area contributed by atoms with E-state index < -0.39 is 9.84 Å². The first-order valence-corrected chi connectivity index (χ1v) is 12.7. The first kappa shape index (κ1) is 22.7. The molecule has 1 aromatic carbocycles. The highest BCUT2D eigenvalue weighted by molar-refractivity contribution is 7.91. The summed E-state index contributed by atoms with van der Waals surface area (Å²) in [5.74, 6) is 0.426. The van der Waals surface area contributed by atoms with Crippen LogP contribution in [0.5, 0.6) is 0 Å². The van der Waals surface area contributed by atoms with Gasteiger partial charge in [0.1, 0.15) is 0 Å². The van der Waals surface area contributed by atoms with Gasteiger partial charge in [-0.15, -0.1) is 0 Å². The standard InChI is InChI=1S/C22H33N3O4S/c1-2-25(20-11-16-30(28,29)18-20)22(27)17-23-12-14-24(15-13-23)21(26)10-6-9-19-7-4-3-5-8-19/h3-5,7-8,20H,2,6,9-18H2,1H3. The van der Waals surface area contributed by atoms with Gasteiger partial charge in [0, 0.05) is 45.2 Å². The Bertz CT molecular complexity index is 820. The molecule has 2 saturated heterocycles. The predicted molar refractivity (Wildman–Crippen MR) is 117 cm³/mol. The third-order valence-corrected chi connectivity index (χ3v) is 7.84. The van der Waals surface area contributed by atoms with Gasteiger partial charge in [-0.2, -0.15) is 0 Å². The molecule has 0 N–H and O–H groups in total. The largest absolute Gasteiger partial charge is 0.340 e. The van der Waals surface area contributed by atoms with E-state index >= 15 is 0 Å². The average molecular weight is 436 g/mol. The Morgan fingerprint density at radius 1 is 1.10 bits per heavy atom. The van der Waals surface area contributed by atoms with E-state index in [0.717, 1.165) is 12.8 Å². The van der Waals surface area contributed by atoms with Gasteiger partial charge >= 0.3 is 0 Å². The molecule has 0 aromatic heterocycles. The normalized spacial score (nSPS) is 21.5. The molecule has 166 valence electrons. The number of carbonyl (C=O) groups excluding carboxylic acids is 2. The zero-order valence-corrected chi connectivity index (χ0v) is 18.6. The lowest BCUT2D eigenvalue weighted by atomic mass is 10.1. The number of hydrogen-bond donors (Lipinski definition) is 0. The van der Waals surface area contributed by atoms with Crippen molar-refractivity contribution >= 4 is 21.7 Å². The van der Waals surface area contributed by atoms with Crippen LogP contribution in [0, 0.1) is 0 Å². The van der Waals surface area contributed by atoms with Gasteiger partial charge < -0.3 is 9.80 Å². The molecule has 2 heterocycles. The van der Waals surface area contributed by atoms with E-state index in [1.54, 1.807) is 4.90 Å². The molecule has 0 radical (unpaired) electrons. The molecule has 1 atom stereocenters. The van der Waals surface area contributed by atoms with Crippen LogP contribution in [-0.2, 0) is 25.8 Å². The zero-order chi connectivity index (χ0) is 21.6. The number of hydrogen-bond acceptors (Lipinski definition) is 5. The van der Waals surface area contributed by atoms with Crippen LogP contribution in [0.3, 0.4) is 0 Å². The number of sulfone groups is 1. The van der Waals surface area contributed by atoms with Crippen LogP contribution in [0.1, 0.15) is 31.7 Å². The number of nitrogens with zero attached hydrogens (tertiary/aromatic N) is 3. The predicted octanol–water partition coefficient (Wildman–Crippen LogP) is 1.19. The minimum absolute atomic E-state index is 0.0118. The number of piperazine rings is 1. The van der Waals surface area contributed by atoms with Crippen LogP contribution in [0.4, 0.5) is 0 Å². The van der Waals surface area contributed by atoms with Crippen LogP contribution in [0.2, 0.25) is 0 Å². The number of amides is 2. The molecule has 0 aliphatic carbocycles. The second-order valence-electron chi connectivity index (χ2n) is 8.23. The monoisotopic (exact) mass is 435 g/mol. The second-order valence-corrected chi connectivity index (χ2v) is 10.5. The maximum atomic E-state index is 12.7. The van der Waals surface area contributed by atoms with Gasteiger partial charge in [-0.3, -0.25) is 14.5 Å². The van der Waals surface area contributed by atoms with Crippen molar-refractivity contribution in [3.8, 4) is 0 Å². The zero-order valence-electron chi connectivity index (χ0n) is 17.8. The Hall–Kier alpha value is -1.93. The quantitative estimate of drug-likeness (QED) is 0.613. The Balaban J connectivity index is 1.39. The van der Waals surface area contributed by atoms with E-state index in [0.29, 0.717) is 52.1 Å². The molecular weight excluding hydrogens is 402 g/mol. The number of benzene rings is 1. The Morgan fingerprint density at radius 2 is 1.80 bits per heavy atom. The molecule has 2 amide bonds. The van der Waals surface area contributed by atoms with Crippen LogP contribution in [0.25, 0.3) is 0 Å². The van der Waals surface area contributed by atoms with Gasteiger partial charge in [0.25, 0.3) is 0 Å². The first-order valence-electron chi connectivity index (χ1n) is 10.9. The van der Waals surface area contributed by atoms with E-state index in [2.05, 4.69) is 17.0 Å². The highest BCUT2D eigenvalue weighted by Gasteiger charge is 2.34. The highest BCUT2D eigenvalue weighted by atomic mass is 32.2. The van der Waals surface area contributed by atoms with E-state index in [1.165, 1.54) is 5.56 Å². The van der Waals surface area contributed by atoms with Crippen molar-refractivity contribution in [2.24, 2.45) is 0 Å². The van der Waals surface area contributed by atoms with Crippen molar-refractivity contribution in [2.75, 3.05) is 50.8 Å². The van der Waals surface area contributed by atoms with Crippen LogP contribution in [0.15, 0.2) is 30.3 Å². The summed E-state index contributed by atoms with van der Waals surface area (Å²) in [7, 11) is -3.01. The molecule has 0 spiro atoms. The van der Waals surface area contributed by atoms with Crippen molar-refractivity contribution in [3.63, 3.8) is 0 Å². The van der Waals surface area contributed by atoms with Crippen LogP contribution < -0.4 is 0 Å². The van der Waals surface area contributed by atoms with Crippen molar-refractivity contribution in [3.05, 3.63) is 35.9 Å². The summed E-state index contributed by atoms with van der Waals surface area (Å²) in [6, 6.07) is 10.0. The van der Waals surface area contributed by atoms with Crippen LogP contribution >= 0.6 is 0 Å². The molecule has 2 aliphatic heterocycles. The van der Waals surface area contributed by atoms with Gasteiger partial charge in [-0.25, -0.2) is 8.42 Å². The fourth-order valence-electron chi connectivity index (χ4n) is 4.34. The smallest absolute Gasteiger partial charge is 0.237 e. The highest BCUT2D eigenvalue weighted by Crippen LogP contribution is 2.18. The third-order valence-electron chi connectivity index (χ3n) is 6.09. The summed E-state index contributed by atoms with van der Waals surface area (Å²) >= 11 is 0. The molecule has 2 fully saturated rings. The number of carbonyl (C=O) groups is 2. The molecule has 30 heavy (non-hydrogen) atoms. The molecular formula is C22H33N3O4S. The molecule has 0 bridgehead atoms.